The third-order valence-corrected chi connectivity index (χ3v) is 5.48. The normalized spacial score (nSPS) is 17.4. The van der Waals surface area contributed by atoms with Crippen molar-refractivity contribution in [3.05, 3.63) is 18.2 Å². The van der Waals surface area contributed by atoms with Gasteiger partial charge in [0, 0.05) is 12.1 Å². The first-order valence-electron chi connectivity index (χ1n) is 6.00. The van der Waals surface area contributed by atoms with Gasteiger partial charge >= 0.3 is 0 Å². The maximum atomic E-state index is 12.3. The second-order valence-electron chi connectivity index (χ2n) is 4.93. The zero-order valence-corrected chi connectivity index (χ0v) is 13.0. The molecule has 0 aliphatic heterocycles. The number of benzene rings is 1. The zero-order chi connectivity index (χ0) is 13.5. The van der Waals surface area contributed by atoms with Crippen molar-refractivity contribution in [2.24, 2.45) is 5.73 Å². The Morgan fingerprint density at radius 2 is 2.10 bits per heavy atom. The van der Waals surface area contributed by atoms with Gasteiger partial charge in [-0.15, -0.1) is 12.4 Å². The number of hydrogen-bond donors (Lipinski definition) is 2. The molecule has 20 heavy (non-hydrogen) atoms. The fraction of sp³-hybridized carbons (Fsp3) is 0.455. The number of nitrogens with zero attached hydrogens (tertiary/aromatic N) is 2. The molecular formula is C11H15ClN4O2S2. The monoisotopic (exact) mass is 334 g/mol. The molecule has 0 saturated heterocycles. The lowest BCUT2D eigenvalue weighted by molar-refractivity contribution is 0.251. The van der Waals surface area contributed by atoms with Crippen LogP contribution < -0.4 is 10.5 Å². The summed E-state index contributed by atoms with van der Waals surface area (Å²) < 4.78 is 35.3. The zero-order valence-electron chi connectivity index (χ0n) is 10.6. The molecule has 6 nitrogen and oxygen atoms in total. The van der Waals surface area contributed by atoms with Gasteiger partial charge in [0.15, 0.2) is 0 Å². The van der Waals surface area contributed by atoms with Gasteiger partial charge in [0.1, 0.15) is 15.9 Å². The van der Waals surface area contributed by atoms with E-state index in [4.69, 9.17) is 5.73 Å². The summed E-state index contributed by atoms with van der Waals surface area (Å²) in [4.78, 5) is 0.168. The SMILES string of the molecule is Cl.NC1(CNS(=O)(=O)c2cccc3nsnc23)CCC1. The van der Waals surface area contributed by atoms with Gasteiger partial charge in [-0.25, -0.2) is 13.1 Å². The molecule has 0 spiro atoms. The maximum absolute atomic E-state index is 12.3. The van der Waals surface area contributed by atoms with E-state index in [-0.39, 0.29) is 29.4 Å². The van der Waals surface area contributed by atoms with Crippen LogP contribution in [-0.2, 0) is 10.0 Å². The Balaban J connectivity index is 0.00000147. The third-order valence-electron chi connectivity index (χ3n) is 3.50. The van der Waals surface area contributed by atoms with Crippen LogP contribution in [0.1, 0.15) is 19.3 Å². The summed E-state index contributed by atoms with van der Waals surface area (Å²) in [6, 6.07) is 4.95. The van der Waals surface area contributed by atoms with E-state index in [9.17, 15) is 8.42 Å². The predicted molar refractivity (Wildman–Crippen MR) is 80.6 cm³/mol. The van der Waals surface area contributed by atoms with Crippen molar-refractivity contribution in [2.75, 3.05) is 6.54 Å². The Hall–Kier alpha value is -0.800. The average Bonchev–Trinajstić information content (AvgIpc) is 2.82. The van der Waals surface area contributed by atoms with Crippen molar-refractivity contribution in [3.63, 3.8) is 0 Å². The lowest BCUT2D eigenvalue weighted by Crippen LogP contribution is -2.54. The lowest BCUT2D eigenvalue weighted by atomic mass is 9.78. The van der Waals surface area contributed by atoms with Crippen LogP contribution in [0.15, 0.2) is 23.1 Å². The van der Waals surface area contributed by atoms with Crippen LogP contribution >= 0.6 is 24.1 Å². The Morgan fingerprint density at radius 1 is 1.35 bits per heavy atom. The van der Waals surface area contributed by atoms with E-state index < -0.39 is 10.0 Å². The number of nitrogens with one attached hydrogen (secondary N) is 1. The van der Waals surface area contributed by atoms with Crippen LogP contribution in [0.3, 0.4) is 0 Å². The molecule has 1 aliphatic carbocycles. The van der Waals surface area contributed by atoms with Crippen molar-refractivity contribution in [3.8, 4) is 0 Å². The minimum Gasteiger partial charge on any atom is -0.324 e. The highest BCUT2D eigenvalue weighted by atomic mass is 35.5. The van der Waals surface area contributed by atoms with E-state index in [1.54, 1.807) is 12.1 Å². The summed E-state index contributed by atoms with van der Waals surface area (Å²) in [7, 11) is -3.59. The largest absolute Gasteiger partial charge is 0.324 e. The molecular weight excluding hydrogens is 320 g/mol. The van der Waals surface area contributed by atoms with Gasteiger partial charge in [-0.05, 0) is 31.4 Å². The molecule has 3 N–H and O–H groups in total. The molecule has 0 radical (unpaired) electrons. The van der Waals surface area contributed by atoms with Crippen molar-refractivity contribution in [2.45, 2.75) is 29.7 Å². The van der Waals surface area contributed by atoms with Crippen LogP contribution in [0.4, 0.5) is 0 Å². The number of halogens is 1. The summed E-state index contributed by atoms with van der Waals surface area (Å²) in [5.41, 5.74) is 6.65. The van der Waals surface area contributed by atoms with E-state index in [1.165, 1.54) is 6.07 Å². The fourth-order valence-corrected chi connectivity index (χ4v) is 4.03. The van der Waals surface area contributed by atoms with E-state index in [2.05, 4.69) is 13.5 Å². The summed E-state index contributed by atoms with van der Waals surface area (Å²) >= 11 is 1.01. The standard InChI is InChI=1S/C11H14N4O2S2.ClH/c12-11(5-2-6-11)7-13-19(16,17)9-4-1-3-8-10(9)15-18-14-8;/h1,3-4,13H,2,5-7,12H2;1H. The first-order chi connectivity index (χ1) is 9.00. The molecule has 2 aromatic rings. The quantitative estimate of drug-likeness (QED) is 0.877. The van der Waals surface area contributed by atoms with Gasteiger partial charge < -0.3 is 5.73 Å². The summed E-state index contributed by atoms with van der Waals surface area (Å²) in [5, 5.41) is 0. The number of nitrogens with two attached hydrogens (primary N) is 1. The molecule has 1 fully saturated rings. The molecule has 1 aromatic heterocycles. The number of fused-ring (bicyclic) bond motifs is 1. The molecule has 1 heterocycles. The fourth-order valence-electron chi connectivity index (χ4n) is 2.12. The number of sulfonamides is 1. The van der Waals surface area contributed by atoms with Crippen LogP contribution in [0, 0.1) is 0 Å². The summed E-state index contributed by atoms with van der Waals surface area (Å²) in [6.45, 7) is 0.267. The number of rotatable bonds is 4. The predicted octanol–water partition coefficient (Wildman–Crippen LogP) is 1.27. The van der Waals surface area contributed by atoms with Crippen LogP contribution in [0.2, 0.25) is 0 Å². The minimum atomic E-state index is -3.59. The van der Waals surface area contributed by atoms with Gasteiger partial charge in [0.2, 0.25) is 10.0 Å². The topological polar surface area (TPSA) is 98.0 Å². The Morgan fingerprint density at radius 3 is 2.75 bits per heavy atom. The van der Waals surface area contributed by atoms with Crippen molar-refractivity contribution in [1.82, 2.24) is 13.5 Å². The minimum absolute atomic E-state index is 0. The number of aromatic nitrogens is 2. The first kappa shape index (κ1) is 15.6. The molecule has 0 atom stereocenters. The smallest absolute Gasteiger partial charge is 0.242 e. The van der Waals surface area contributed by atoms with Crippen molar-refractivity contribution >= 4 is 45.2 Å². The average molecular weight is 335 g/mol. The highest BCUT2D eigenvalue weighted by Gasteiger charge is 2.34. The molecule has 3 rings (SSSR count). The van der Waals surface area contributed by atoms with Gasteiger partial charge in [-0.1, -0.05) is 6.07 Å². The second-order valence-corrected chi connectivity index (χ2v) is 7.19. The molecule has 110 valence electrons. The van der Waals surface area contributed by atoms with Crippen molar-refractivity contribution < 1.29 is 8.42 Å². The Labute approximate surface area is 127 Å². The van der Waals surface area contributed by atoms with E-state index >= 15 is 0 Å². The van der Waals surface area contributed by atoms with Gasteiger partial charge in [-0.2, -0.15) is 8.75 Å². The molecule has 0 unspecified atom stereocenters. The Kier molecular flexibility index (Phi) is 4.31. The molecule has 1 aliphatic rings. The van der Waals surface area contributed by atoms with E-state index in [1.807, 2.05) is 0 Å². The highest BCUT2D eigenvalue weighted by molar-refractivity contribution is 7.89. The van der Waals surface area contributed by atoms with Crippen LogP contribution in [0.5, 0.6) is 0 Å². The van der Waals surface area contributed by atoms with Gasteiger partial charge in [0.05, 0.1) is 11.7 Å². The number of hydrogen-bond acceptors (Lipinski definition) is 6. The maximum Gasteiger partial charge on any atom is 0.242 e. The molecule has 1 saturated carbocycles. The summed E-state index contributed by atoms with van der Waals surface area (Å²) in [6.07, 6.45) is 2.78. The van der Waals surface area contributed by atoms with Crippen molar-refractivity contribution in [1.29, 1.82) is 0 Å². The first-order valence-corrected chi connectivity index (χ1v) is 8.21. The van der Waals surface area contributed by atoms with E-state index in [0.717, 1.165) is 31.0 Å². The van der Waals surface area contributed by atoms with Gasteiger partial charge in [-0.3, -0.25) is 0 Å². The van der Waals surface area contributed by atoms with E-state index in [0.29, 0.717) is 11.0 Å². The third kappa shape index (κ3) is 2.79. The van der Waals surface area contributed by atoms with Crippen LogP contribution in [0.25, 0.3) is 11.0 Å². The lowest BCUT2D eigenvalue weighted by Gasteiger charge is -2.37. The van der Waals surface area contributed by atoms with Gasteiger partial charge in [0.25, 0.3) is 0 Å². The molecule has 0 amide bonds. The Bertz CT molecular complexity index is 712. The molecule has 1 aromatic carbocycles. The molecule has 0 bridgehead atoms. The summed E-state index contributed by atoms with van der Waals surface area (Å²) in [5.74, 6) is 0. The second kappa shape index (κ2) is 5.53. The van der Waals surface area contributed by atoms with Crippen LogP contribution in [-0.4, -0.2) is 29.2 Å². The molecule has 9 heteroatoms. The highest BCUT2D eigenvalue weighted by Crippen LogP contribution is 2.29.